The molecule has 4 nitrogen and oxygen atoms in total. The van der Waals surface area contributed by atoms with Crippen LogP contribution in [0.4, 0.5) is 0 Å². The molecule has 0 bridgehead atoms. The van der Waals surface area contributed by atoms with Crippen molar-refractivity contribution in [2.75, 3.05) is 13.6 Å². The van der Waals surface area contributed by atoms with Crippen molar-refractivity contribution in [2.45, 2.75) is 57.8 Å². The maximum absolute atomic E-state index is 12.3. The van der Waals surface area contributed by atoms with E-state index in [2.05, 4.69) is 0 Å². The predicted octanol–water partition coefficient (Wildman–Crippen LogP) is 2.67. The number of hydrogen-bond donors (Lipinski definition) is 1. The molecular formula is C15H25NO3. The van der Waals surface area contributed by atoms with Gasteiger partial charge in [-0.05, 0) is 25.2 Å². The number of rotatable bonds is 5. The fourth-order valence-corrected chi connectivity index (χ4v) is 3.37. The first-order chi connectivity index (χ1) is 9.06. The minimum atomic E-state index is -1.10. The molecule has 0 radical (unpaired) electrons. The molecule has 1 N–H and O–H groups in total. The van der Waals surface area contributed by atoms with Crippen molar-refractivity contribution >= 4 is 11.9 Å². The number of carbonyl (C=O) groups excluding carboxylic acids is 1. The Labute approximate surface area is 115 Å². The zero-order valence-electron chi connectivity index (χ0n) is 11.9. The molecule has 2 saturated carbocycles. The Balaban J connectivity index is 1.83. The highest BCUT2D eigenvalue weighted by atomic mass is 16.4. The molecule has 108 valence electrons. The number of aliphatic carboxylic acids is 1. The lowest BCUT2D eigenvalue weighted by atomic mass is 9.68. The molecule has 0 saturated heterocycles. The van der Waals surface area contributed by atoms with E-state index in [1.807, 2.05) is 0 Å². The summed E-state index contributed by atoms with van der Waals surface area (Å²) in [5.74, 6) is -0.388. The Morgan fingerprint density at radius 2 is 1.79 bits per heavy atom. The number of carboxylic acid groups (broad SMARTS) is 1. The van der Waals surface area contributed by atoms with E-state index in [0.717, 1.165) is 18.8 Å². The highest BCUT2D eigenvalue weighted by molar-refractivity contribution is 6.02. The molecule has 1 amide bonds. The van der Waals surface area contributed by atoms with Gasteiger partial charge in [0.15, 0.2) is 0 Å². The van der Waals surface area contributed by atoms with Crippen LogP contribution in [0.25, 0.3) is 0 Å². The van der Waals surface area contributed by atoms with Gasteiger partial charge in [0.25, 0.3) is 0 Å². The SMILES string of the molecule is CN(CCC1CCCCC1)C(=O)C1(C(=O)O)CCC1. The second kappa shape index (κ2) is 5.93. The van der Waals surface area contributed by atoms with Crippen LogP contribution in [-0.2, 0) is 9.59 Å². The van der Waals surface area contributed by atoms with Crippen LogP contribution in [0.15, 0.2) is 0 Å². The Bertz CT molecular complexity index is 343. The van der Waals surface area contributed by atoms with E-state index < -0.39 is 11.4 Å². The monoisotopic (exact) mass is 267 g/mol. The summed E-state index contributed by atoms with van der Waals surface area (Å²) in [6.07, 6.45) is 9.39. The number of amides is 1. The highest BCUT2D eigenvalue weighted by Crippen LogP contribution is 2.42. The summed E-state index contributed by atoms with van der Waals surface area (Å²) in [5.41, 5.74) is -1.10. The first kappa shape index (κ1) is 14.4. The number of hydrogen-bond acceptors (Lipinski definition) is 2. The summed E-state index contributed by atoms with van der Waals surface area (Å²) in [4.78, 5) is 25.3. The molecule has 19 heavy (non-hydrogen) atoms. The zero-order valence-corrected chi connectivity index (χ0v) is 11.9. The van der Waals surface area contributed by atoms with Gasteiger partial charge < -0.3 is 10.0 Å². The third-order valence-electron chi connectivity index (χ3n) is 4.97. The van der Waals surface area contributed by atoms with Gasteiger partial charge >= 0.3 is 5.97 Å². The largest absolute Gasteiger partial charge is 0.480 e. The number of carbonyl (C=O) groups is 2. The summed E-state index contributed by atoms with van der Waals surface area (Å²) in [7, 11) is 1.76. The zero-order chi connectivity index (χ0) is 13.9. The lowest BCUT2D eigenvalue weighted by Gasteiger charge is -2.39. The van der Waals surface area contributed by atoms with E-state index >= 15 is 0 Å². The number of nitrogens with zero attached hydrogens (tertiary/aromatic N) is 1. The molecule has 2 aliphatic rings. The minimum Gasteiger partial charge on any atom is -0.480 e. The minimum absolute atomic E-state index is 0.179. The topological polar surface area (TPSA) is 57.6 Å². The fourth-order valence-electron chi connectivity index (χ4n) is 3.37. The van der Waals surface area contributed by atoms with Crippen molar-refractivity contribution in [1.29, 1.82) is 0 Å². The average molecular weight is 267 g/mol. The van der Waals surface area contributed by atoms with E-state index in [0.29, 0.717) is 19.4 Å². The molecule has 0 aromatic carbocycles. The normalized spacial score (nSPS) is 22.6. The lowest BCUT2D eigenvalue weighted by Crippen LogP contribution is -2.51. The summed E-state index contributed by atoms with van der Waals surface area (Å²) < 4.78 is 0. The van der Waals surface area contributed by atoms with Crippen LogP contribution in [0.1, 0.15) is 57.8 Å². The second-order valence-corrected chi connectivity index (χ2v) is 6.26. The molecule has 2 rings (SSSR count). The maximum atomic E-state index is 12.3. The van der Waals surface area contributed by atoms with E-state index in [1.54, 1.807) is 11.9 Å². The van der Waals surface area contributed by atoms with Gasteiger partial charge in [-0.1, -0.05) is 38.5 Å². The van der Waals surface area contributed by atoms with Crippen molar-refractivity contribution in [3.05, 3.63) is 0 Å². The summed E-state index contributed by atoms with van der Waals surface area (Å²) in [6.45, 7) is 0.707. The van der Waals surface area contributed by atoms with Gasteiger partial charge in [0, 0.05) is 13.6 Å². The summed E-state index contributed by atoms with van der Waals surface area (Å²) >= 11 is 0. The van der Waals surface area contributed by atoms with E-state index in [-0.39, 0.29) is 5.91 Å². The molecule has 0 aromatic rings. The molecular weight excluding hydrogens is 242 g/mol. The molecule has 2 fully saturated rings. The highest BCUT2D eigenvalue weighted by Gasteiger charge is 2.52. The molecule has 0 spiro atoms. The van der Waals surface area contributed by atoms with Crippen LogP contribution >= 0.6 is 0 Å². The molecule has 0 aromatic heterocycles. The third-order valence-corrected chi connectivity index (χ3v) is 4.97. The van der Waals surface area contributed by atoms with Gasteiger partial charge in [-0.3, -0.25) is 9.59 Å². The third kappa shape index (κ3) is 2.93. The van der Waals surface area contributed by atoms with Crippen LogP contribution in [-0.4, -0.2) is 35.5 Å². The van der Waals surface area contributed by atoms with E-state index in [9.17, 15) is 14.7 Å². The van der Waals surface area contributed by atoms with Gasteiger partial charge in [0.05, 0.1) is 0 Å². The Kier molecular flexibility index (Phi) is 4.48. The van der Waals surface area contributed by atoms with E-state index in [1.165, 1.54) is 32.1 Å². The van der Waals surface area contributed by atoms with Gasteiger partial charge in [-0.15, -0.1) is 0 Å². The summed E-state index contributed by atoms with van der Waals surface area (Å²) in [5, 5.41) is 9.27. The van der Waals surface area contributed by atoms with Gasteiger partial charge in [0.1, 0.15) is 5.41 Å². The quantitative estimate of drug-likeness (QED) is 0.779. The lowest BCUT2D eigenvalue weighted by molar-refractivity contribution is -0.166. The molecule has 0 aliphatic heterocycles. The standard InChI is InChI=1S/C15H25NO3/c1-16(11-8-12-6-3-2-4-7-12)13(17)15(14(18)19)9-5-10-15/h12H,2-11H2,1H3,(H,18,19). The van der Waals surface area contributed by atoms with Crippen molar-refractivity contribution in [3.8, 4) is 0 Å². The number of carboxylic acids is 1. The van der Waals surface area contributed by atoms with Crippen LogP contribution in [0.3, 0.4) is 0 Å². The molecule has 2 aliphatic carbocycles. The first-order valence-corrected chi connectivity index (χ1v) is 7.55. The van der Waals surface area contributed by atoms with Crippen LogP contribution in [0.5, 0.6) is 0 Å². The van der Waals surface area contributed by atoms with Crippen molar-refractivity contribution in [2.24, 2.45) is 11.3 Å². The van der Waals surface area contributed by atoms with Gasteiger partial charge in [-0.2, -0.15) is 0 Å². The molecule has 4 heteroatoms. The van der Waals surface area contributed by atoms with Crippen LogP contribution in [0.2, 0.25) is 0 Å². The Morgan fingerprint density at radius 1 is 1.16 bits per heavy atom. The van der Waals surface area contributed by atoms with Crippen LogP contribution < -0.4 is 0 Å². The second-order valence-electron chi connectivity index (χ2n) is 6.26. The Hall–Kier alpha value is -1.06. The van der Waals surface area contributed by atoms with Crippen molar-refractivity contribution in [3.63, 3.8) is 0 Å². The van der Waals surface area contributed by atoms with Gasteiger partial charge in [-0.25, -0.2) is 0 Å². The van der Waals surface area contributed by atoms with Crippen molar-refractivity contribution in [1.82, 2.24) is 4.90 Å². The predicted molar refractivity (Wildman–Crippen MR) is 72.7 cm³/mol. The van der Waals surface area contributed by atoms with Crippen LogP contribution in [0, 0.1) is 11.3 Å². The maximum Gasteiger partial charge on any atom is 0.319 e. The first-order valence-electron chi connectivity index (χ1n) is 7.55. The summed E-state index contributed by atoms with van der Waals surface area (Å²) in [6, 6.07) is 0. The van der Waals surface area contributed by atoms with E-state index in [4.69, 9.17) is 0 Å². The molecule has 0 heterocycles. The van der Waals surface area contributed by atoms with Gasteiger partial charge in [0.2, 0.25) is 5.91 Å². The average Bonchev–Trinajstić information content (AvgIpc) is 2.35. The molecule has 0 unspecified atom stereocenters. The molecule has 0 atom stereocenters. The van der Waals surface area contributed by atoms with Crippen molar-refractivity contribution < 1.29 is 14.7 Å². The fraction of sp³-hybridized carbons (Fsp3) is 0.867. The Morgan fingerprint density at radius 3 is 2.26 bits per heavy atom. The smallest absolute Gasteiger partial charge is 0.319 e.